The Labute approximate surface area is 139 Å². The van der Waals surface area contributed by atoms with Crippen molar-refractivity contribution in [2.24, 2.45) is 0 Å². The Kier molecular flexibility index (Phi) is 4.41. The van der Waals surface area contributed by atoms with E-state index in [0.717, 1.165) is 17.8 Å². The van der Waals surface area contributed by atoms with Gasteiger partial charge in [-0.1, -0.05) is 6.07 Å². The summed E-state index contributed by atoms with van der Waals surface area (Å²) >= 11 is 1.69. The van der Waals surface area contributed by atoms with Crippen molar-refractivity contribution >= 4 is 17.4 Å². The van der Waals surface area contributed by atoms with Crippen LogP contribution in [-0.4, -0.2) is 45.9 Å². The summed E-state index contributed by atoms with van der Waals surface area (Å²) in [5.74, 6) is 0. The Morgan fingerprint density at radius 1 is 1.52 bits per heavy atom. The molecule has 2 N–H and O–H groups in total. The highest BCUT2D eigenvalue weighted by atomic mass is 32.1. The van der Waals surface area contributed by atoms with Gasteiger partial charge in [0.05, 0.1) is 16.8 Å². The van der Waals surface area contributed by atoms with Crippen LogP contribution in [0.5, 0.6) is 0 Å². The molecule has 1 aliphatic heterocycles. The zero-order valence-electron chi connectivity index (χ0n) is 13.6. The minimum Gasteiger partial charge on any atom is -0.444 e. The molecule has 1 amide bonds. The second kappa shape index (κ2) is 6.33. The molecule has 1 fully saturated rings. The van der Waals surface area contributed by atoms with Crippen molar-refractivity contribution in [2.45, 2.75) is 39.0 Å². The molecule has 2 aromatic heterocycles. The van der Waals surface area contributed by atoms with E-state index < -0.39 is 5.60 Å². The van der Waals surface area contributed by atoms with Crippen molar-refractivity contribution in [3.05, 3.63) is 29.3 Å². The normalized spacial score (nSPS) is 15.5. The number of hydrogen-bond donors (Lipinski definition) is 2. The summed E-state index contributed by atoms with van der Waals surface area (Å²) in [5, 5.41) is 12.7. The Morgan fingerprint density at radius 2 is 2.30 bits per heavy atom. The van der Waals surface area contributed by atoms with E-state index in [9.17, 15) is 4.79 Å². The monoisotopic (exact) mass is 334 g/mol. The lowest BCUT2D eigenvalue weighted by Gasteiger charge is -2.40. The fourth-order valence-electron chi connectivity index (χ4n) is 2.42. The summed E-state index contributed by atoms with van der Waals surface area (Å²) in [5.41, 5.74) is 1.76. The first-order valence-corrected chi connectivity index (χ1v) is 8.58. The number of carbonyl (C=O) groups excluding carboxylic acids is 1. The van der Waals surface area contributed by atoms with Gasteiger partial charge in [-0.25, -0.2) is 4.79 Å². The van der Waals surface area contributed by atoms with Gasteiger partial charge in [0.15, 0.2) is 0 Å². The minimum absolute atomic E-state index is 0.238. The second-order valence-electron chi connectivity index (χ2n) is 6.71. The van der Waals surface area contributed by atoms with Crippen LogP contribution in [0.3, 0.4) is 0 Å². The van der Waals surface area contributed by atoms with Gasteiger partial charge in [0.25, 0.3) is 0 Å². The Bertz CT molecular complexity index is 654. The smallest absolute Gasteiger partial charge is 0.410 e. The van der Waals surface area contributed by atoms with Crippen LogP contribution in [0.1, 0.15) is 26.3 Å². The van der Waals surface area contributed by atoms with Crippen molar-refractivity contribution in [1.82, 2.24) is 20.4 Å². The molecule has 1 saturated heterocycles. The molecule has 7 heteroatoms. The van der Waals surface area contributed by atoms with E-state index in [2.05, 4.69) is 27.0 Å². The highest BCUT2D eigenvalue weighted by Crippen LogP contribution is 2.26. The molecule has 0 spiro atoms. The highest BCUT2D eigenvalue weighted by Gasteiger charge is 2.33. The highest BCUT2D eigenvalue weighted by molar-refractivity contribution is 7.13. The van der Waals surface area contributed by atoms with Gasteiger partial charge in [-0.3, -0.25) is 5.10 Å². The third-order valence-electron chi connectivity index (χ3n) is 3.60. The van der Waals surface area contributed by atoms with Crippen LogP contribution in [0.2, 0.25) is 0 Å². The van der Waals surface area contributed by atoms with Crippen LogP contribution < -0.4 is 5.32 Å². The Morgan fingerprint density at radius 3 is 2.96 bits per heavy atom. The number of nitrogens with zero attached hydrogens (tertiary/aromatic N) is 2. The SMILES string of the molecule is CC(C)(C)OC(=O)N1CC(NCc2cn[nH]c2-c2cccs2)C1. The molecular formula is C16H22N4O2S. The maximum atomic E-state index is 11.9. The molecule has 23 heavy (non-hydrogen) atoms. The van der Waals surface area contributed by atoms with E-state index in [1.165, 1.54) is 4.88 Å². The molecule has 0 atom stereocenters. The van der Waals surface area contributed by atoms with Gasteiger partial charge in [-0.15, -0.1) is 11.3 Å². The van der Waals surface area contributed by atoms with Crippen molar-refractivity contribution in [1.29, 1.82) is 0 Å². The number of hydrogen-bond acceptors (Lipinski definition) is 5. The quantitative estimate of drug-likeness (QED) is 0.902. The summed E-state index contributed by atoms with van der Waals surface area (Å²) in [6.45, 7) is 7.74. The molecule has 124 valence electrons. The van der Waals surface area contributed by atoms with Gasteiger partial charge in [-0.05, 0) is 32.2 Å². The summed E-state index contributed by atoms with van der Waals surface area (Å²) in [7, 11) is 0. The lowest BCUT2D eigenvalue weighted by molar-refractivity contribution is 0.00519. The minimum atomic E-state index is -0.442. The van der Waals surface area contributed by atoms with Crippen LogP contribution in [0, 0.1) is 0 Å². The van der Waals surface area contributed by atoms with Crippen LogP contribution >= 0.6 is 11.3 Å². The van der Waals surface area contributed by atoms with Crippen molar-refractivity contribution in [3.63, 3.8) is 0 Å². The fourth-order valence-corrected chi connectivity index (χ4v) is 3.17. The number of likely N-dealkylation sites (tertiary alicyclic amines) is 1. The molecule has 0 radical (unpaired) electrons. The maximum Gasteiger partial charge on any atom is 0.410 e. The molecule has 0 bridgehead atoms. The largest absolute Gasteiger partial charge is 0.444 e. The molecule has 0 unspecified atom stereocenters. The molecule has 6 nitrogen and oxygen atoms in total. The molecule has 0 aliphatic carbocycles. The van der Waals surface area contributed by atoms with E-state index in [4.69, 9.17) is 4.74 Å². The fraction of sp³-hybridized carbons (Fsp3) is 0.500. The number of rotatable bonds is 4. The van der Waals surface area contributed by atoms with Gasteiger partial charge in [0.1, 0.15) is 5.60 Å². The van der Waals surface area contributed by atoms with E-state index in [1.54, 1.807) is 16.2 Å². The zero-order valence-corrected chi connectivity index (χ0v) is 14.4. The number of amides is 1. The number of ether oxygens (including phenoxy) is 1. The lowest BCUT2D eigenvalue weighted by atomic mass is 10.1. The van der Waals surface area contributed by atoms with Gasteiger partial charge in [-0.2, -0.15) is 5.10 Å². The molecule has 3 rings (SSSR count). The first-order valence-electron chi connectivity index (χ1n) is 7.70. The predicted octanol–water partition coefficient (Wildman–Crippen LogP) is 2.85. The number of carbonyl (C=O) groups is 1. The van der Waals surface area contributed by atoms with Crippen LogP contribution in [0.25, 0.3) is 10.6 Å². The van der Waals surface area contributed by atoms with Crippen LogP contribution in [-0.2, 0) is 11.3 Å². The molecule has 2 aromatic rings. The number of thiophene rings is 1. The summed E-state index contributed by atoms with van der Waals surface area (Å²) in [6.07, 6.45) is 1.62. The summed E-state index contributed by atoms with van der Waals surface area (Å²) in [6, 6.07) is 4.41. The van der Waals surface area contributed by atoms with Gasteiger partial charge < -0.3 is 15.0 Å². The van der Waals surface area contributed by atoms with E-state index in [0.29, 0.717) is 19.1 Å². The predicted molar refractivity (Wildman–Crippen MR) is 90.3 cm³/mol. The van der Waals surface area contributed by atoms with Crippen LogP contribution in [0.4, 0.5) is 4.79 Å². The Balaban J connectivity index is 1.47. The molecule has 3 heterocycles. The van der Waals surface area contributed by atoms with Gasteiger partial charge in [0, 0.05) is 31.2 Å². The first-order chi connectivity index (χ1) is 10.9. The number of nitrogens with one attached hydrogen (secondary N) is 2. The van der Waals surface area contributed by atoms with Gasteiger partial charge >= 0.3 is 6.09 Å². The summed E-state index contributed by atoms with van der Waals surface area (Å²) < 4.78 is 5.35. The topological polar surface area (TPSA) is 70.2 Å². The second-order valence-corrected chi connectivity index (χ2v) is 7.66. The summed E-state index contributed by atoms with van der Waals surface area (Å²) in [4.78, 5) is 14.8. The third kappa shape index (κ3) is 3.92. The van der Waals surface area contributed by atoms with E-state index in [1.807, 2.05) is 33.0 Å². The number of aromatic amines is 1. The van der Waals surface area contributed by atoms with E-state index in [-0.39, 0.29) is 6.09 Å². The zero-order chi connectivity index (χ0) is 16.4. The Hall–Kier alpha value is -1.86. The first kappa shape index (κ1) is 16.0. The standard InChI is InChI=1S/C16H22N4O2S/c1-16(2,3)22-15(21)20-9-12(10-20)17-7-11-8-18-19-14(11)13-5-4-6-23-13/h4-6,8,12,17H,7,9-10H2,1-3H3,(H,18,19). The number of aromatic nitrogens is 2. The molecule has 1 aliphatic rings. The maximum absolute atomic E-state index is 11.9. The van der Waals surface area contributed by atoms with Gasteiger partial charge in [0.2, 0.25) is 0 Å². The third-order valence-corrected chi connectivity index (χ3v) is 4.49. The average molecular weight is 334 g/mol. The van der Waals surface area contributed by atoms with Crippen molar-refractivity contribution < 1.29 is 9.53 Å². The lowest BCUT2D eigenvalue weighted by Crippen LogP contribution is -2.60. The van der Waals surface area contributed by atoms with Crippen molar-refractivity contribution in [3.8, 4) is 10.6 Å². The van der Waals surface area contributed by atoms with Crippen molar-refractivity contribution in [2.75, 3.05) is 13.1 Å². The molecule has 0 aromatic carbocycles. The van der Waals surface area contributed by atoms with E-state index >= 15 is 0 Å². The average Bonchev–Trinajstić information content (AvgIpc) is 3.04. The number of H-pyrrole nitrogens is 1. The van der Waals surface area contributed by atoms with Crippen LogP contribution in [0.15, 0.2) is 23.7 Å². The molecule has 0 saturated carbocycles. The molecular weight excluding hydrogens is 312 g/mol.